The van der Waals surface area contributed by atoms with E-state index in [1.165, 1.54) is 16.8 Å². The highest BCUT2D eigenvalue weighted by atomic mass is 16.2. The van der Waals surface area contributed by atoms with Gasteiger partial charge in [-0.05, 0) is 70.7 Å². The van der Waals surface area contributed by atoms with Crippen molar-refractivity contribution in [1.82, 2.24) is 29.4 Å². The van der Waals surface area contributed by atoms with Gasteiger partial charge in [-0.3, -0.25) is 19.1 Å². The zero-order valence-electron chi connectivity index (χ0n) is 21.2. The first-order valence-electron chi connectivity index (χ1n) is 12.4. The van der Waals surface area contributed by atoms with Crippen molar-refractivity contribution in [2.75, 3.05) is 20.1 Å². The monoisotopic (exact) mass is 462 g/mol. The lowest BCUT2D eigenvalue weighted by Crippen LogP contribution is -2.47. The molecule has 1 saturated heterocycles. The summed E-state index contributed by atoms with van der Waals surface area (Å²) in [4.78, 5) is 17.8. The number of rotatable bonds is 8. The first-order chi connectivity index (χ1) is 16.4. The van der Waals surface area contributed by atoms with Crippen LogP contribution in [-0.4, -0.2) is 61.4 Å². The number of likely N-dealkylation sites (tertiary alicyclic amines) is 1. The summed E-state index contributed by atoms with van der Waals surface area (Å²) < 4.78 is 3.79. The minimum atomic E-state index is 0.00203. The number of amides is 1. The molecule has 182 valence electrons. The summed E-state index contributed by atoms with van der Waals surface area (Å²) in [6.45, 7) is 10.4. The Morgan fingerprint density at radius 2 is 1.82 bits per heavy atom. The van der Waals surface area contributed by atoms with Gasteiger partial charge in [0.2, 0.25) is 0 Å². The molecular formula is C27H38N6O. The van der Waals surface area contributed by atoms with Crippen molar-refractivity contribution in [3.05, 3.63) is 70.8 Å². The Hall–Kier alpha value is -2.93. The van der Waals surface area contributed by atoms with E-state index in [2.05, 4.69) is 59.7 Å². The van der Waals surface area contributed by atoms with E-state index >= 15 is 0 Å². The quantitative estimate of drug-likeness (QED) is 0.510. The summed E-state index contributed by atoms with van der Waals surface area (Å²) in [5.74, 6) is 0.455. The highest BCUT2D eigenvalue weighted by molar-refractivity contribution is 5.92. The number of carbonyl (C=O) groups is 1. The van der Waals surface area contributed by atoms with Gasteiger partial charge in [-0.15, -0.1) is 0 Å². The molecule has 1 aliphatic rings. The second-order valence-electron chi connectivity index (χ2n) is 9.63. The zero-order chi connectivity index (χ0) is 24.2. The lowest BCUT2D eigenvalue weighted by atomic mass is 9.84. The van der Waals surface area contributed by atoms with Gasteiger partial charge in [0, 0.05) is 50.7 Å². The summed E-state index contributed by atoms with van der Waals surface area (Å²) in [5, 5.41) is 9.06. The summed E-state index contributed by atoms with van der Waals surface area (Å²) in [5.41, 5.74) is 5.57. The second kappa shape index (κ2) is 10.6. The molecule has 1 aliphatic heterocycles. The van der Waals surface area contributed by atoms with Crippen molar-refractivity contribution in [2.45, 2.75) is 59.2 Å². The van der Waals surface area contributed by atoms with E-state index < -0.39 is 0 Å². The fourth-order valence-electron chi connectivity index (χ4n) is 5.33. The normalized spacial score (nSPS) is 16.0. The first kappa shape index (κ1) is 24.2. The number of benzene rings is 1. The molecule has 4 rings (SSSR count). The summed E-state index contributed by atoms with van der Waals surface area (Å²) in [6.07, 6.45) is 4.85. The van der Waals surface area contributed by atoms with Gasteiger partial charge in [0.1, 0.15) is 5.69 Å². The number of carbonyl (C=O) groups excluding carboxylic acids is 1. The van der Waals surface area contributed by atoms with Crippen molar-refractivity contribution in [3.8, 4) is 0 Å². The second-order valence-corrected chi connectivity index (χ2v) is 9.63. The maximum atomic E-state index is 13.3. The molecule has 0 N–H and O–H groups in total. The van der Waals surface area contributed by atoms with Crippen LogP contribution < -0.4 is 0 Å². The summed E-state index contributed by atoms with van der Waals surface area (Å²) in [6, 6.07) is 12.5. The smallest absolute Gasteiger partial charge is 0.274 e. The van der Waals surface area contributed by atoms with Gasteiger partial charge in [-0.1, -0.05) is 30.3 Å². The van der Waals surface area contributed by atoms with E-state index in [4.69, 9.17) is 5.10 Å². The van der Waals surface area contributed by atoms with Crippen LogP contribution in [0.15, 0.2) is 42.6 Å². The number of hydrogen-bond acceptors (Lipinski definition) is 4. The molecule has 0 spiro atoms. The maximum absolute atomic E-state index is 13.3. The van der Waals surface area contributed by atoms with Crippen LogP contribution in [0.2, 0.25) is 0 Å². The molecule has 0 saturated carbocycles. The minimum absolute atomic E-state index is 0.00203. The molecule has 1 unspecified atom stereocenters. The van der Waals surface area contributed by atoms with Crippen LogP contribution in [0.4, 0.5) is 0 Å². The molecule has 3 aromatic rings. The molecule has 1 aromatic carbocycles. The Labute approximate surface area is 203 Å². The summed E-state index contributed by atoms with van der Waals surface area (Å²) in [7, 11) is 3.80. The van der Waals surface area contributed by atoms with Crippen LogP contribution in [0.25, 0.3) is 0 Å². The molecule has 1 fully saturated rings. The third kappa shape index (κ3) is 5.25. The highest BCUT2D eigenvalue weighted by Gasteiger charge is 2.33. The predicted molar refractivity (Wildman–Crippen MR) is 135 cm³/mol. The number of likely N-dealkylation sites (N-methyl/N-ethyl adjacent to an activating group) is 1. The van der Waals surface area contributed by atoms with Gasteiger partial charge in [-0.2, -0.15) is 10.2 Å². The van der Waals surface area contributed by atoms with Crippen LogP contribution in [0, 0.1) is 19.8 Å². The van der Waals surface area contributed by atoms with E-state index in [1.54, 1.807) is 4.68 Å². The number of hydrogen-bond donors (Lipinski definition) is 0. The van der Waals surface area contributed by atoms with E-state index in [-0.39, 0.29) is 11.9 Å². The summed E-state index contributed by atoms with van der Waals surface area (Å²) >= 11 is 0. The minimum Gasteiger partial charge on any atom is -0.337 e. The standard InChI is InChI=1S/C27H38N6O/c1-6-33-21(3)24(20(2)28-33)19-32-16-12-23(13-17-32)26(18-22-10-8-7-9-11-22)31(5)27(34)25-14-15-30(4)29-25/h7-11,14-15,23,26H,6,12-13,16-19H2,1-5H3. The lowest BCUT2D eigenvalue weighted by molar-refractivity contribution is 0.0578. The van der Waals surface area contributed by atoms with Crippen molar-refractivity contribution >= 4 is 5.91 Å². The van der Waals surface area contributed by atoms with E-state index in [0.29, 0.717) is 11.6 Å². The predicted octanol–water partition coefficient (Wildman–Crippen LogP) is 3.85. The number of aromatic nitrogens is 4. The zero-order valence-corrected chi connectivity index (χ0v) is 21.2. The van der Waals surface area contributed by atoms with Crippen LogP contribution in [0.3, 0.4) is 0 Å². The SMILES string of the molecule is CCn1nc(C)c(CN2CCC(C(Cc3ccccc3)N(C)C(=O)c3ccn(C)n3)CC2)c1C. The largest absolute Gasteiger partial charge is 0.337 e. The fourth-order valence-corrected chi connectivity index (χ4v) is 5.33. The fraction of sp³-hybridized carbons (Fsp3) is 0.519. The topological polar surface area (TPSA) is 59.2 Å². The van der Waals surface area contributed by atoms with Gasteiger partial charge in [0.25, 0.3) is 5.91 Å². The van der Waals surface area contributed by atoms with E-state index in [1.807, 2.05) is 37.3 Å². The maximum Gasteiger partial charge on any atom is 0.274 e. The number of piperidine rings is 1. The molecule has 34 heavy (non-hydrogen) atoms. The Bertz CT molecular complexity index is 1090. The molecule has 0 aliphatic carbocycles. The highest BCUT2D eigenvalue weighted by Crippen LogP contribution is 2.28. The third-order valence-electron chi connectivity index (χ3n) is 7.43. The molecule has 0 bridgehead atoms. The molecule has 7 heteroatoms. The Kier molecular flexibility index (Phi) is 7.51. The molecule has 2 aromatic heterocycles. The molecule has 1 amide bonds. The van der Waals surface area contributed by atoms with E-state index in [0.717, 1.165) is 51.1 Å². The lowest BCUT2D eigenvalue weighted by Gasteiger charge is -2.40. The molecule has 3 heterocycles. The van der Waals surface area contributed by atoms with Gasteiger partial charge < -0.3 is 4.90 Å². The molecule has 0 radical (unpaired) electrons. The van der Waals surface area contributed by atoms with Crippen molar-refractivity contribution in [2.24, 2.45) is 13.0 Å². The van der Waals surface area contributed by atoms with Crippen LogP contribution >= 0.6 is 0 Å². The average Bonchev–Trinajstić information content (AvgIpc) is 3.41. The Morgan fingerprint density at radius 1 is 1.12 bits per heavy atom. The van der Waals surface area contributed by atoms with Gasteiger partial charge >= 0.3 is 0 Å². The van der Waals surface area contributed by atoms with Crippen molar-refractivity contribution < 1.29 is 4.79 Å². The molecule has 1 atom stereocenters. The van der Waals surface area contributed by atoms with Crippen molar-refractivity contribution in [3.63, 3.8) is 0 Å². The first-order valence-corrected chi connectivity index (χ1v) is 12.4. The van der Waals surface area contributed by atoms with Crippen LogP contribution in [0.1, 0.15) is 52.8 Å². The van der Waals surface area contributed by atoms with Gasteiger partial charge in [-0.25, -0.2) is 0 Å². The average molecular weight is 463 g/mol. The number of aryl methyl sites for hydroxylation is 3. The van der Waals surface area contributed by atoms with Crippen molar-refractivity contribution in [1.29, 1.82) is 0 Å². The molecular weight excluding hydrogens is 424 g/mol. The van der Waals surface area contributed by atoms with Crippen LogP contribution in [-0.2, 0) is 26.6 Å². The Morgan fingerprint density at radius 3 is 2.41 bits per heavy atom. The van der Waals surface area contributed by atoms with Gasteiger partial charge in [0.15, 0.2) is 0 Å². The van der Waals surface area contributed by atoms with Crippen LogP contribution in [0.5, 0.6) is 0 Å². The third-order valence-corrected chi connectivity index (χ3v) is 7.43. The number of nitrogens with zero attached hydrogens (tertiary/aromatic N) is 6. The van der Waals surface area contributed by atoms with Gasteiger partial charge in [0.05, 0.1) is 5.69 Å². The van der Waals surface area contributed by atoms with E-state index in [9.17, 15) is 4.79 Å². The Balaban J connectivity index is 1.47. The molecule has 7 nitrogen and oxygen atoms in total.